The second kappa shape index (κ2) is 5.02. The Morgan fingerprint density at radius 3 is 2.67 bits per heavy atom. The summed E-state index contributed by atoms with van der Waals surface area (Å²) in [6.45, 7) is 2.92. The minimum atomic E-state index is 0.904. The van der Waals surface area contributed by atoms with Crippen molar-refractivity contribution in [2.24, 2.45) is 4.99 Å². The third-order valence-corrected chi connectivity index (χ3v) is 0.722. The Balaban J connectivity index is 2.73. The largest absolute Gasteiger partial charge is 0.287 e. The van der Waals surface area contributed by atoms with E-state index in [-0.39, 0.29) is 0 Å². The smallest absolute Gasteiger partial charge is 0.0538 e. The van der Waals surface area contributed by atoms with Crippen molar-refractivity contribution in [2.75, 3.05) is 12.8 Å². The van der Waals surface area contributed by atoms with Crippen LogP contribution in [0.1, 0.15) is 6.92 Å². The van der Waals surface area contributed by atoms with Crippen LogP contribution in [0.4, 0.5) is 0 Å². The topological polar surface area (TPSA) is 12.4 Å². The average molecular weight is 103 g/mol. The van der Waals surface area contributed by atoms with Gasteiger partial charge in [0.15, 0.2) is 0 Å². The third-order valence-electron chi connectivity index (χ3n) is 0.363. The molecule has 0 rings (SSSR count). The van der Waals surface area contributed by atoms with E-state index in [0.717, 1.165) is 6.54 Å². The molecule has 36 valence electrons. The van der Waals surface area contributed by atoms with Crippen molar-refractivity contribution < 1.29 is 0 Å². The predicted molar refractivity (Wildman–Crippen MR) is 32.5 cm³/mol. The highest BCUT2D eigenvalue weighted by Crippen LogP contribution is 1.80. The van der Waals surface area contributed by atoms with E-state index < -0.39 is 0 Å². The van der Waals surface area contributed by atoms with Crippen LogP contribution in [0, 0.1) is 0 Å². The molecule has 0 unspecified atom stereocenters. The lowest BCUT2D eigenvalue weighted by atomic mass is 10.8. The Morgan fingerprint density at radius 1 is 1.83 bits per heavy atom. The minimum absolute atomic E-state index is 0.904. The molecule has 0 aromatic rings. The van der Waals surface area contributed by atoms with Gasteiger partial charge in [-0.1, -0.05) is 0 Å². The third kappa shape index (κ3) is 4.02. The maximum atomic E-state index is 3.93. The summed E-state index contributed by atoms with van der Waals surface area (Å²) in [4.78, 5) is 3.93. The molecule has 0 aliphatic heterocycles. The molecule has 2 heteroatoms. The molecule has 0 amide bonds. The lowest BCUT2D eigenvalue weighted by Gasteiger charge is -1.74. The van der Waals surface area contributed by atoms with Crippen LogP contribution in [0.5, 0.6) is 0 Å². The number of hydrogen-bond acceptors (Lipinski definition) is 2. The van der Waals surface area contributed by atoms with Gasteiger partial charge in [0, 0.05) is 6.54 Å². The second-order valence-electron chi connectivity index (χ2n) is 0.840. The zero-order valence-electron chi connectivity index (χ0n) is 4.14. The fraction of sp³-hybridized carbons (Fsp3) is 0.750. The predicted octanol–water partition coefficient (Wildman–Crippen LogP) is 1.40. The first-order valence-electron chi connectivity index (χ1n) is 1.93. The van der Waals surface area contributed by atoms with Gasteiger partial charge in [-0.3, -0.25) is 4.99 Å². The van der Waals surface area contributed by atoms with Crippen molar-refractivity contribution in [3.8, 4) is 0 Å². The van der Waals surface area contributed by atoms with Gasteiger partial charge < -0.3 is 0 Å². The van der Waals surface area contributed by atoms with E-state index >= 15 is 0 Å². The standard InChI is InChI=1S/C4H9NS/c1-3-5-4-6-2/h4H,3H2,1-2H3/b5-4-. The van der Waals surface area contributed by atoms with E-state index in [0.29, 0.717) is 0 Å². The summed E-state index contributed by atoms with van der Waals surface area (Å²) in [5.41, 5.74) is 1.85. The van der Waals surface area contributed by atoms with Gasteiger partial charge in [-0.25, -0.2) is 0 Å². The summed E-state index contributed by atoms with van der Waals surface area (Å²) in [6, 6.07) is 0. The van der Waals surface area contributed by atoms with Crippen LogP contribution in [-0.4, -0.2) is 18.3 Å². The Hall–Kier alpha value is 0.0200. The molecule has 0 atom stereocenters. The minimum Gasteiger partial charge on any atom is -0.287 e. The number of rotatable bonds is 2. The van der Waals surface area contributed by atoms with Crippen molar-refractivity contribution in [3.05, 3.63) is 0 Å². The number of nitrogens with zero attached hydrogens (tertiary/aromatic N) is 1. The second-order valence-corrected chi connectivity index (χ2v) is 1.52. The van der Waals surface area contributed by atoms with E-state index in [2.05, 4.69) is 4.99 Å². The normalized spacial score (nSPS) is 10.3. The first kappa shape index (κ1) is 6.02. The highest BCUT2D eigenvalue weighted by Gasteiger charge is 1.59. The molecule has 0 heterocycles. The molecule has 0 aliphatic carbocycles. The van der Waals surface area contributed by atoms with Gasteiger partial charge in [-0.15, -0.1) is 11.8 Å². The molecule has 0 spiro atoms. The lowest BCUT2D eigenvalue weighted by Crippen LogP contribution is -1.64. The Morgan fingerprint density at radius 2 is 2.50 bits per heavy atom. The molecule has 6 heavy (non-hydrogen) atoms. The zero-order chi connectivity index (χ0) is 4.83. The number of hydrogen-bond donors (Lipinski definition) is 0. The van der Waals surface area contributed by atoms with Gasteiger partial charge >= 0.3 is 0 Å². The maximum Gasteiger partial charge on any atom is 0.0538 e. The van der Waals surface area contributed by atoms with Gasteiger partial charge in [-0.2, -0.15) is 0 Å². The van der Waals surface area contributed by atoms with Crippen molar-refractivity contribution >= 4 is 17.3 Å². The highest BCUT2D eigenvalue weighted by molar-refractivity contribution is 8.11. The van der Waals surface area contributed by atoms with E-state index in [1.165, 1.54) is 0 Å². The molecule has 0 fully saturated rings. The molecular weight excluding hydrogens is 94.1 g/mol. The van der Waals surface area contributed by atoms with Gasteiger partial charge in [0.1, 0.15) is 0 Å². The Kier molecular flexibility index (Phi) is 5.04. The zero-order valence-corrected chi connectivity index (χ0v) is 4.96. The van der Waals surface area contributed by atoms with Gasteiger partial charge in [0.05, 0.1) is 5.55 Å². The first-order chi connectivity index (χ1) is 2.91. The summed E-state index contributed by atoms with van der Waals surface area (Å²) in [7, 11) is 0. The van der Waals surface area contributed by atoms with Crippen molar-refractivity contribution in [2.45, 2.75) is 6.92 Å². The monoisotopic (exact) mass is 103 g/mol. The van der Waals surface area contributed by atoms with Crippen LogP contribution in [0.15, 0.2) is 4.99 Å². The summed E-state index contributed by atoms with van der Waals surface area (Å²) < 4.78 is 0. The molecule has 0 aromatic heterocycles. The Bertz CT molecular complexity index is 36.8. The van der Waals surface area contributed by atoms with Crippen LogP contribution < -0.4 is 0 Å². The van der Waals surface area contributed by atoms with Crippen LogP contribution in [0.2, 0.25) is 0 Å². The summed E-state index contributed by atoms with van der Waals surface area (Å²) in [6.07, 6.45) is 2.00. The molecule has 1 nitrogen and oxygen atoms in total. The molecule has 0 bridgehead atoms. The van der Waals surface area contributed by atoms with Gasteiger partial charge in [0.2, 0.25) is 0 Å². The van der Waals surface area contributed by atoms with E-state index in [4.69, 9.17) is 0 Å². The molecule has 0 saturated heterocycles. The van der Waals surface area contributed by atoms with Crippen LogP contribution >= 0.6 is 11.8 Å². The number of thioether (sulfide) groups is 1. The van der Waals surface area contributed by atoms with Crippen molar-refractivity contribution in [3.63, 3.8) is 0 Å². The van der Waals surface area contributed by atoms with Crippen LogP contribution in [-0.2, 0) is 0 Å². The van der Waals surface area contributed by atoms with Crippen LogP contribution in [0.3, 0.4) is 0 Å². The fourth-order valence-electron chi connectivity index (χ4n) is 0.149. The van der Waals surface area contributed by atoms with Crippen LogP contribution in [0.25, 0.3) is 0 Å². The fourth-order valence-corrected chi connectivity index (χ4v) is 0.447. The molecular formula is C4H9NS. The highest BCUT2D eigenvalue weighted by atomic mass is 32.2. The molecule has 0 N–H and O–H groups in total. The quantitative estimate of drug-likeness (QED) is 0.380. The lowest BCUT2D eigenvalue weighted by molar-refractivity contribution is 1.15. The maximum absolute atomic E-state index is 3.93. The summed E-state index contributed by atoms with van der Waals surface area (Å²) in [5, 5.41) is 0. The summed E-state index contributed by atoms with van der Waals surface area (Å²) in [5.74, 6) is 0. The van der Waals surface area contributed by atoms with E-state index in [9.17, 15) is 0 Å². The van der Waals surface area contributed by atoms with E-state index in [1.807, 2.05) is 18.7 Å². The summed E-state index contributed by atoms with van der Waals surface area (Å²) >= 11 is 1.63. The molecule has 0 aromatic carbocycles. The Labute approximate surface area is 42.9 Å². The van der Waals surface area contributed by atoms with Crippen molar-refractivity contribution in [1.82, 2.24) is 0 Å². The van der Waals surface area contributed by atoms with Gasteiger partial charge in [-0.05, 0) is 13.2 Å². The first-order valence-corrected chi connectivity index (χ1v) is 3.21. The SMILES string of the molecule is CC/N=C\SC. The molecule has 0 radical (unpaired) electrons. The van der Waals surface area contributed by atoms with Crippen molar-refractivity contribution in [1.29, 1.82) is 0 Å². The molecule has 0 aliphatic rings. The van der Waals surface area contributed by atoms with Gasteiger partial charge in [0.25, 0.3) is 0 Å². The average Bonchev–Trinajstić information content (AvgIpc) is 1.61. The van der Waals surface area contributed by atoms with E-state index in [1.54, 1.807) is 11.8 Å². The molecule has 0 saturated carbocycles. The number of aliphatic imine (C=N–C) groups is 1.